The zero-order valence-electron chi connectivity index (χ0n) is 18.0. The number of aryl methyl sites for hydroxylation is 1. The molecular weight excluding hydrogens is 368 g/mol. The highest BCUT2D eigenvalue weighted by Gasteiger charge is 2.15. The summed E-state index contributed by atoms with van der Waals surface area (Å²) in [6.07, 6.45) is 2.06. The van der Waals surface area contributed by atoms with Crippen molar-refractivity contribution in [1.29, 1.82) is 0 Å². The summed E-state index contributed by atoms with van der Waals surface area (Å²) in [6.45, 7) is 8.19. The first-order valence-electron chi connectivity index (χ1n) is 9.82. The summed E-state index contributed by atoms with van der Waals surface area (Å²) in [5.41, 5.74) is 8.42. The van der Waals surface area contributed by atoms with Crippen molar-refractivity contribution in [2.24, 2.45) is 17.8 Å². The van der Waals surface area contributed by atoms with Crippen LogP contribution in [0.5, 0.6) is 5.75 Å². The Labute approximate surface area is 172 Å². The van der Waals surface area contributed by atoms with Gasteiger partial charge in [-0.15, -0.1) is 0 Å². The molecule has 2 aromatic rings. The number of nitrogens with zero attached hydrogens (tertiary/aromatic N) is 4. The molecule has 0 fully saturated rings. The molecular formula is C21H32N6O2. The zero-order chi connectivity index (χ0) is 21.4. The minimum Gasteiger partial charge on any atom is -0.484 e. The van der Waals surface area contributed by atoms with E-state index in [2.05, 4.69) is 35.4 Å². The number of primary amides is 1. The molecule has 0 saturated carbocycles. The summed E-state index contributed by atoms with van der Waals surface area (Å²) in [6, 6.07) is 7.52. The quantitative estimate of drug-likeness (QED) is 0.496. The molecule has 0 atom stereocenters. The summed E-state index contributed by atoms with van der Waals surface area (Å²) < 4.78 is 7.23. The van der Waals surface area contributed by atoms with Crippen molar-refractivity contribution in [1.82, 2.24) is 20.0 Å². The van der Waals surface area contributed by atoms with Gasteiger partial charge < -0.3 is 20.7 Å². The van der Waals surface area contributed by atoms with Gasteiger partial charge in [0.2, 0.25) is 0 Å². The molecule has 0 radical (unpaired) electrons. The van der Waals surface area contributed by atoms with Crippen LogP contribution in [0, 0.1) is 0 Å². The Morgan fingerprint density at radius 1 is 1.41 bits per heavy atom. The number of amides is 1. The van der Waals surface area contributed by atoms with Crippen LogP contribution in [0.4, 0.5) is 0 Å². The first-order chi connectivity index (χ1) is 13.8. The molecule has 8 nitrogen and oxygen atoms in total. The summed E-state index contributed by atoms with van der Waals surface area (Å²) in [4.78, 5) is 17.7. The van der Waals surface area contributed by atoms with Crippen LogP contribution in [-0.2, 0) is 24.9 Å². The predicted octanol–water partition coefficient (Wildman–Crippen LogP) is 2.01. The molecule has 0 spiro atoms. The zero-order valence-corrected chi connectivity index (χ0v) is 18.0. The van der Waals surface area contributed by atoms with Gasteiger partial charge in [-0.2, -0.15) is 5.10 Å². The maximum Gasteiger partial charge on any atom is 0.255 e. The standard InChI is InChI=1S/C21H32N6O2/c1-6-23-21(26(4)12-17-13-27(5)25-20(17)15(2)3)24-11-16-8-7-9-18(10-16)29-14-19(22)28/h7-10,13,15H,6,11-12,14H2,1-5H3,(H2,22,28)(H,23,24). The second-order valence-electron chi connectivity index (χ2n) is 7.30. The van der Waals surface area contributed by atoms with Crippen molar-refractivity contribution in [3.05, 3.63) is 47.3 Å². The van der Waals surface area contributed by atoms with Gasteiger partial charge in [-0.05, 0) is 30.5 Å². The predicted molar refractivity (Wildman–Crippen MR) is 115 cm³/mol. The molecule has 3 N–H and O–H groups in total. The molecule has 8 heteroatoms. The van der Waals surface area contributed by atoms with E-state index in [1.165, 1.54) is 5.56 Å². The van der Waals surface area contributed by atoms with Gasteiger partial charge in [0, 0.05) is 38.9 Å². The minimum atomic E-state index is -0.499. The largest absolute Gasteiger partial charge is 0.484 e. The Hall–Kier alpha value is -3.03. The van der Waals surface area contributed by atoms with E-state index in [0.717, 1.165) is 30.3 Å². The third-order valence-corrected chi connectivity index (χ3v) is 4.28. The molecule has 1 aromatic heterocycles. The number of rotatable bonds is 9. The van der Waals surface area contributed by atoms with Crippen molar-refractivity contribution < 1.29 is 9.53 Å². The molecule has 0 bridgehead atoms. The second-order valence-corrected chi connectivity index (χ2v) is 7.30. The average Bonchev–Trinajstić information content (AvgIpc) is 3.04. The molecule has 0 aliphatic rings. The van der Waals surface area contributed by atoms with Crippen LogP contribution in [0.3, 0.4) is 0 Å². The van der Waals surface area contributed by atoms with Crippen molar-refractivity contribution >= 4 is 11.9 Å². The van der Waals surface area contributed by atoms with Gasteiger partial charge in [0.05, 0.1) is 12.2 Å². The van der Waals surface area contributed by atoms with E-state index in [1.807, 2.05) is 43.9 Å². The van der Waals surface area contributed by atoms with Crippen LogP contribution in [0.1, 0.15) is 43.5 Å². The Bertz CT molecular complexity index is 843. The van der Waals surface area contributed by atoms with Gasteiger partial charge in [-0.25, -0.2) is 4.99 Å². The van der Waals surface area contributed by atoms with Crippen LogP contribution in [-0.4, -0.2) is 46.7 Å². The smallest absolute Gasteiger partial charge is 0.255 e. The Morgan fingerprint density at radius 2 is 2.17 bits per heavy atom. The Balaban J connectivity index is 2.11. The van der Waals surface area contributed by atoms with Gasteiger partial charge in [-0.1, -0.05) is 26.0 Å². The van der Waals surface area contributed by atoms with E-state index in [9.17, 15) is 4.79 Å². The summed E-state index contributed by atoms with van der Waals surface area (Å²) in [5.74, 6) is 1.28. The highest BCUT2D eigenvalue weighted by atomic mass is 16.5. The lowest BCUT2D eigenvalue weighted by molar-refractivity contribution is -0.119. The lowest BCUT2D eigenvalue weighted by Gasteiger charge is -2.22. The van der Waals surface area contributed by atoms with Crippen LogP contribution in [0.2, 0.25) is 0 Å². The molecule has 0 aliphatic heterocycles. The van der Waals surface area contributed by atoms with Crippen molar-refractivity contribution in [3.63, 3.8) is 0 Å². The summed E-state index contributed by atoms with van der Waals surface area (Å²) in [7, 11) is 3.97. The first-order valence-corrected chi connectivity index (χ1v) is 9.82. The molecule has 1 heterocycles. The highest BCUT2D eigenvalue weighted by molar-refractivity contribution is 5.79. The van der Waals surface area contributed by atoms with Crippen LogP contribution in [0.25, 0.3) is 0 Å². The minimum absolute atomic E-state index is 0.138. The van der Waals surface area contributed by atoms with E-state index in [4.69, 9.17) is 15.5 Å². The molecule has 29 heavy (non-hydrogen) atoms. The monoisotopic (exact) mass is 400 g/mol. The molecule has 1 amide bonds. The molecule has 0 unspecified atom stereocenters. The number of carbonyl (C=O) groups is 1. The van der Waals surface area contributed by atoms with Gasteiger partial charge in [0.25, 0.3) is 5.91 Å². The van der Waals surface area contributed by atoms with E-state index in [1.54, 1.807) is 6.07 Å². The lowest BCUT2D eigenvalue weighted by Crippen LogP contribution is -2.38. The van der Waals surface area contributed by atoms with E-state index < -0.39 is 5.91 Å². The van der Waals surface area contributed by atoms with Gasteiger partial charge in [0.1, 0.15) is 5.75 Å². The number of hydrogen-bond acceptors (Lipinski definition) is 4. The molecule has 0 saturated heterocycles. The fraction of sp³-hybridized carbons (Fsp3) is 0.476. The molecule has 2 rings (SSSR count). The van der Waals surface area contributed by atoms with Gasteiger partial charge in [-0.3, -0.25) is 9.48 Å². The third kappa shape index (κ3) is 6.81. The van der Waals surface area contributed by atoms with Gasteiger partial charge >= 0.3 is 0 Å². The van der Waals surface area contributed by atoms with E-state index >= 15 is 0 Å². The summed E-state index contributed by atoms with van der Waals surface area (Å²) in [5, 5.41) is 7.92. The number of benzene rings is 1. The number of nitrogens with one attached hydrogen (secondary N) is 1. The van der Waals surface area contributed by atoms with E-state index in [0.29, 0.717) is 18.2 Å². The van der Waals surface area contributed by atoms with Crippen molar-refractivity contribution in [2.75, 3.05) is 20.2 Å². The second kappa shape index (κ2) is 10.5. The number of nitrogens with two attached hydrogens (primary N) is 1. The SMILES string of the molecule is CCNC(=NCc1cccc(OCC(N)=O)c1)N(C)Cc1cn(C)nc1C(C)C. The maximum absolute atomic E-state index is 10.9. The molecule has 1 aromatic carbocycles. The summed E-state index contributed by atoms with van der Waals surface area (Å²) >= 11 is 0. The van der Waals surface area contributed by atoms with Crippen LogP contribution < -0.4 is 15.8 Å². The maximum atomic E-state index is 10.9. The number of aliphatic imine (C=N–C) groups is 1. The third-order valence-electron chi connectivity index (χ3n) is 4.28. The average molecular weight is 401 g/mol. The number of hydrogen-bond donors (Lipinski definition) is 2. The van der Waals surface area contributed by atoms with E-state index in [-0.39, 0.29) is 6.61 Å². The van der Waals surface area contributed by atoms with Crippen molar-refractivity contribution in [2.45, 2.75) is 39.8 Å². The molecule has 0 aliphatic carbocycles. The van der Waals surface area contributed by atoms with Crippen LogP contribution >= 0.6 is 0 Å². The Morgan fingerprint density at radius 3 is 2.83 bits per heavy atom. The van der Waals surface area contributed by atoms with Gasteiger partial charge in [0.15, 0.2) is 12.6 Å². The number of guanidine groups is 1. The van der Waals surface area contributed by atoms with Crippen LogP contribution in [0.15, 0.2) is 35.5 Å². The first kappa shape index (κ1) is 22.3. The topological polar surface area (TPSA) is 97.8 Å². The normalized spacial score (nSPS) is 11.6. The fourth-order valence-corrected chi connectivity index (χ4v) is 3.02. The highest BCUT2D eigenvalue weighted by Crippen LogP contribution is 2.19. The lowest BCUT2D eigenvalue weighted by atomic mass is 10.1. The number of aromatic nitrogens is 2. The Kier molecular flexibility index (Phi) is 8.06. The van der Waals surface area contributed by atoms with Crippen molar-refractivity contribution in [3.8, 4) is 5.75 Å². The number of ether oxygens (including phenoxy) is 1. The molecule has 158 valence electrons. The number of carbonyl (C=O) groups excluding carboxylic acids is 1. The fourth-order valence-electron chi connectivity index (χ4n) is 3.02.